The number of aromatic nitrogens is 1. The minimum absolute atomic E-state index is 0.00632. The maximum absolute atomic E-state index is 13.2. The van der Waals surface area contributed by atoms with Gasteiger partial charge in [-0.2, -0.15) is 4.39 Å². The fourth-order valence-electron chi connectivity index (χ4n) is 3.98. The molecule has 1 saturated carbocycles. The van der Waals surface area contributed by atoms with Crippen molar-refractivity contribution in [1.29, 1.82) is 0 Å². The number of morpholine rings is 1. The van der Waals surface area contributed by atoms with Gasteiger partial charge in [0.05, 0.1) is 13.2 Å². The number of nitrogens with zero attached hydrogens (tertiary/aromatic N) is 2. The molecule has 0 bridgehead atoms. The van der Waals surface area contributed by atoms with Crippen LogP contribution in [0.25, 0.3) is 0 Å². The van der Waals surface area contributed by atoms with Gasteiger partial charge in [-0.25, -0.2) is 4.98 Å². The van der Waals surface area contributed by atoms with E-state index >= 15 is 0 Å². The normalized spacial score (nSPS) is 22.7. The van der Waals surface area contributed by atoms with Gasteiger partial charge in [0.1, 0.15) is 0 Å². The fourth-order valence-corrected chi connectivity index (χ4v) is 3.98. The lowest BCUT2D eigenvalue weighted by atomic mass is 9.86. The largest absolute Gasteiger partial charge is 0.379 e. The van der Waals surface area contributed by atoms with Gasteiger partial charge in [-0.05, 0) is 25.8 Å². The first-order valence-corrected chi connectivity index (χ1v) is 8.37. The van der Waals surface area contributed by atoms with Gasteiger partial charge < -0.3 is 10.1 Å². The number of rotatable bonds is 4. The van der Waals surface area contributed by atoms with Crippen LogP contribution in [0.3, 0.4) is 0 Å². The van der Waals surface area contributed by atoms with Crippen LogP contribution in [-0.2, 0) is 4.74 Å². The van der Waals surface area contributed by atoms with E-state index in [1.807, 2.05) is 0 Å². The van der Waals surface area contributed by atoms with Crippen molar-refractivity contribution in [2.45, 2.75) is 44.2 Å². The molecular formula is C17H24FN3O2. The SMILES string of the molecule is C[C@H](NC(=O)c1ccnc(F)c1)C1(N2CCOCC2)CCCC1. The lowest BCUT2D eigenvalue weighted by molar-refractivity contribution is -0.0323. The van der Waals surface area contributed by atoms with Gasteiger partial charge in [0.2, 0.25) is 5.95 Å². The van der Waals surface area contributed by atoms with Gasteiger partial charge in [0, 0.05) is 42.5 Å². The van der Waals surface area contributed by atoms with Crippen molar-refractivity contribution < 1.29 is 13.9 Å². The monoisotopic (exact) mass is 321 g/mol. The zero-order valence-electron chi connectivity index (χ0n) is 13.6. The number of hydrogen-bond donors (Lipinski definition) is 1. The Morgan fingerprint density at radius 3 is 2.74 bits per heavy atom. The summed E-state index contributed by atoms with van der Waals surface area (Å²) in [7, 11) is 0. The summed E-state index contributed by atoms with van der Waals surface area (Å²) in [4.78, 5) is 18.4. The van der Waals surface area contributed by atoms with Gasteiger partial charge in [-0.15, -0.1) is 0 Å². The Hall–Kier alpha value is -1.53. The first-order valence-electron chi connectivity index (χ1n) is 8.37. The Morgan fingerprint density at radius 2 is 2.09 bits per heavy atom. The van der Waals surface area contributed by atoms with Gasteiger partial charge in [-0.3, -0.25) is 9.69 Å². The summed E-state index contributed by atoms with van der Waals surface area (Å²) >= 11 is 0. The van der Waals surface area contributed by atoms with E-state index < -0.39 is 5.95 Å². The minimum Gasteiger partial charge on any atom is -0.379 e. The molecule has 2 heterocycles. The quantitative estimate of drug-likeness (QED) is 0.862. The number of carbonyl (C=O) groups is 1. The summed E-state index contributed by atoms with van der Waals surface area (Å²) in [5.41, 5.74) is 0.310. The van der Waals surface area contributed by atoms with Crippen LogP contribution in [-0.4, -0.2) is 53.7 Å². The first-order chi connectivity index (χ1) is 11.1. The minimum atomic E-state index is -0.630. The molecule has 126 valence electrons. The molecule has 1 aromatic heterocycles. The third-order valence-corrected chi connectivity index (χ3v) is 5.25. The molecule has 1 amide bonds. The van der Waals surface area contributed by atoms with Crippen molar-refractivity contribution in [2.75, 3.05) is 26.3 Å². The molecule has 0 aromatic carbocycles. The van der Waals surface area contributed by atoms with Gasteiger partial charge in [-0.1, -0.05) is 12.8 Å². The van der Waals surface area contributed by atoms with Crippen LogP contribution in [0.4, 0.5) is 4.39 Å². The van der Waals surface area contributed by atoms with E-state index in [-0.39, 0.29) is 17.5 Å². The third-order valence-electron chi connectivity index (χ3n) is 5.25. The molecule has 1 aromatic rings. The smallest absolute Gasteiger partial charge is 0.251 e. The number of carbonyl (C=O) groups excluding carboxylic acids is 1. The van der Waals surface area contributed by atoms with Gasteiger partial charge >= 0.3 is 0 Å². The second-order valence-corrected chi connectivity index (χ2v) is 6.47. The highest BCUT2D eigenvalue weighted by molar-refractivity contribution is 5.94. The van der Waals surface area contributed by atoms with Crippen molar-refractivity contribution >= 4 is 5.91 Å². The Morgan fingerprint density at radius 1 is 1.39 bits per heavy atom. The number of pyridine rings is 1. The van der Waals surface area contributed by atoms with Crippen LogP contribution >= 0.6 is 0 Å². The summed E-state index contributed by atoms with van der Waals surface area (Å²) in [6.07, 6.45) is 5.85. The maximum Gasteiger partial charge on any atom is 0.251 e. The Bertz CT molecular complexity index is 555. The average Bonchev–Trinajstić information content (AvgIpc) is 3.06. The molecule has 1 atom stereocenters. The standard InChI is InChI=1S/C17H24FN3O2/c1-13(20-16(22)14-4-7-19-15(18)12-14)17(5-2-3-6-17)21-8-10-23-11-9-21/h4,7,12-13H,2-3,5-6,8-11H2,1H3,(H,20,22)/t13-/m0/s1. The van der Waals surface area contributed by atoms with Crippen LogP contribution < -0.4 is 5.32 Å². The zero-order chi connectivity index (χ0) is 16.3. The molecule has 2 aliphatic rings. The van der Waals surface area contributed by atoms with Crippen molar-refractivity contribution in [3.63, 3.8) is 0 Å². The van der Waals surface area contributed by atoms with Crippen LogP contribution in [0.2, 0.25) is 0 Å². The lowest BCUT2D eigenvalue weighted by Gasteiger charge is -2.47. The molecule has 23 heavy (non-hydrogen) atoms. The predicted molar refractivity (Wildman–Crippen MR) is 84.7 cm³/mol. The Labute approximate surface area is 136 Å². The molecule has 0 unspecified atom stereocenters. The van der Waals surface area contributed by atoms with Crippen LogP contribution in [0.15, 0.2) is 18.3 Å². The van der Waals surface area contributed by atoms with Crippen molar-refractivity contribution in [2.24, 2.45) is 0 Å². The fraction of sp³-hybridized carbons (Fsp3) is 0.647. The average molecular weight is 321 g/mol. The number of hydrogen-bond acceptors (Lipinski definition) is 4. The molecule has 1 saturated heterocycles. The molecule has 1 N–H and O–H groups in total. The molecule has 6 heteroatoms. The Kier molecular flexibility index (Phi) is 4.92. The summed E-state index contributed by atoms with van der Waals surface area (Å²) in [5.74, 6) is -0.868. The van der Waals surface area contributed by atoms with Gasteiger partial charge in [0.25, 0.3) is 5.91 Å². The van der Waals surface area contributed by atoms with E-state index in [1.54, 1.807) is 6.07 Å². The van der Waals surface area contributed by atoms with Crippen molar-refractivity contribution in [1.82, 2.24) is 15.2 Å². The topological polar surface area (TPSA) is 54.5 Å². The maximum atomic E-state index is 13.2. The van der Waals surface area contributed by atoms with Gasteiger partial charge in [0.15, 0.2) is 0 Å². The van der Waals surface area contributed by atoms with E-state index in [0.29, 0.717) is 5.56 Å². The second-order valence-electron chi connectivity index (χ2n) is 6.47. The molecule has 1 aliphatic carbocycles. The van der Waals surface area contributed by atoms with Crippen LogP contribution in [0, 0.1) is 5.95 Å². The summed E-state index contributed by atoms with van der Waals surface area (Å²) < 4.78 is 18.7. The molecule has 0 radical (unpaired) electrons. The van der Waals surface area contributed by atoms with Crippen molar-refractivity contribution in [3.8, 4) is 0 Å². The van der Waals surface area contributed by atoms with Crippen molar-refractivity contribution in [3.05, 3.63) is 29.8 Å². The highest BCUT2D eigenvalue weighted by Crippen LogP contribution is 2.38. The lowest BCUT2D eigenvalue weighted by Crippen LogP contribution is -2.62. The van der Waals surface area contributed by atoms with E-state index in [2.05, 4.69) is 22.1 Å². The molecule has 3 rings (SSSR count). The number of ether oxygens (including phenoxy) is 1. The Balaban J connectivity index is 1.73. The molecular weight excluding hydrogens is 297 g/mol. The highest BCUT2D eigenvalue weighted by Gasteiger charge is 2.45. The summed E-state index contributed by atoms with van der Waals surface area (Å²) in [6, 6.07) is 2.73. The predicted octanol–water partition coefficient (Wildman–Crippen LogP) is 1.98. The number of nitrogens with one attached hydrogen (secondary N) is 1. The van der Waals surface area contributed by atoms with E-state index in [1.165, 1.54) is 25.1 Å². The van der Waals surface area contributed by atoms with Crippen LogP contribution in [0.5, 0.6) is 0 Å². The second kappa shape index (κ2) is 6.93. The summed E-state index contributed by atoms with van der Waals surface area (Å²) in [5, 5.41) is 3.09. The van der Waals surface area contributed by atoms with Crippen LogP contribution in [0.1, 0.15) is 43.0 Å². The summed E-state index contributed by atoms with van der Waals surface area (Å²) in [6.45, 7) is 5.38. The van der Waals surface area contributed by atoms with E-state index in [9.17, 15) is 9.18 Å². The molecule has 1 aliphatic heterocycles. The number of halogens is 1. The highest BCUT2D eigenvalue weighted by atomic mass is 19.1. The zero-order valence-corrected chi connectivity index (χ0v) is 13.6. The molecule has 5 nitrogen and oxygen atoms in total. The van der Waals surface area contributed by atoms with E-state index in [4.69, 9.17) is 4.74 Å². The number of amides is 1. The molecule has 2 fully saturated rings. The first kappa shape index (κ1) is 16.3. The third kappa shape index (κ3) is 3.38. The molecule has 0 spiro atoms. The van der Waals surface area contributed by atoms with E-state index in [0.717, 1.165) is 39.1 Å².